The number of aromatic nitrogens is 4. The van der Waals surface area contributed by atoms with Crippen molar-refractivity contribution < 1.29 is 9.53 Å². The van der Waals surface area contributed by atoms with E-state index in [1.807, 2.05) is 13.0 Å². The normalized spacial score (nSPS) is 10.5. The molecule has 0 fully saturated rings. The van der Waals surface area contributed by atoms with Crippen molar-refractivity contribution in [1.29, 1.82) is 0 Å². The van der Waals surface area contributed by atoms with Crippen LogP contribution in [0.15, 0.2) is 24.7 Å². The lowest BCUT2D eigenvalue weighted by atomic mass is 10.1. The van der Waals surface area contributed by atoms with E-state index in [1.165, 1.54) is 18.4 Å². The van der Waals surface area contributed by atoms with Gasteiger partial charge in [0.1, 0.15) is 10.3 Å². The number of fused-ring (bicyclic) bond motifs is 1. The summed E-state index contributed by atoms with van der Waals surface area (Å²) in [6.45, 7) is 2.40. The summed E-state index contributed by atoms with van der Waals surface area (Å²) in [5, 5.41) is 5.84. The first-order valence-corrected chi connectivity index (χ1v) is 7.69. The van der Waals surface area contributed by atoms with Crippen LogP contribution in [0.25, 0.3) is 21.5 Å². The van der Waals surface area contributed by atoms with Gasteiger partial charge in [-0.05, 0) is 13.0 Å². The Kier molecular flexibility index (Phi) is 4.29. The van der Waals surface area contributed by atoms with Gasteiger partial charge in [-0.2, -0.15) is 0 Å². The van der Waals surface area contributed by atoms with E-state index >= 15 is 0 Å². The van der Waals surface area contributed by atoms with E-state index in [1.54, 1.807) is 18.6 Å². The summed E-state index contributed by atoms with van der Waals surface area (Å²) in [4.78, 5) is 29.2. The minimum Gasteiger partial charge on any atom is -0.467 e. The molecule has 0 bridgehead atoms. The van der Waals surface area contributed by atoms with Gasteiger partial charge in [-0.25, -0.2) is 24.7 Å². The summed E-state index contributed by atoms with van der Waals surface area (Å²) in [6, 6.07) is 1.91. The van der Waals surface area contributed by atoms with E-state index < -0.39 is 0 Å². The SMILES string of the molecule is CCNC(=O)Nc1nc2cc(-c3cnc(OC)nc3)cnc2s1. The van der Waals surface area contributed by atoms with Crippen molar-refractivity contribution in [2.45, 2.75) is 6.92 Å². The predicted molar refractivity (Wildman–Crippen MR) is 87.7 cm³/mol. The molecular weight excluding hydrogens is 316 g/mol. The van der Waals surface area contributed by atoms with Gasteiger partial charge >= 0.3 is 12.0 Å². The highest BCUT2D eigenvalue weighted by Gasteiger charge is 2.10. The van der Waals surface area contributed by atoms with Gasteiger partial charge in [0.05, 0.1) is 7.11 Å². The number of ether oxygens (including phenoxy) is 1. The molecule has 2 N–H and O–H groups in total. The largest absolute Gasteiger partial charge is 0.467 e. The lowest BCUT2D eigenvalue weighted by molar-refractivity contribution is 0.252. The molecule has 3 rings (SSSR count). The van der Waals surface area contributed by atoms with Crippen LogP contribution in [0.4, 0.5) is 9.93 Å². The first-order chi connectivity index (χ1) is 11.2. The number of pyridine rings is 1. The summed E-state index contributed by atoms with van der Waals surface area (Å²) in [6.07, 6.45) is 5.05. The molecule has 0 aliphatic carbocycles. The van der Waals surface area contributed by atoms with Crippen molar-refractivity contribution in [2.75, 3.05) is 19.0 Å². The van der Waals surface area contributed by atoms with Crippen LogP contribution in [0.2, 0.25) is 0 Å². The number of amides is 2. The maximum Gasteiger partial charge on any atom is 0.321 e. The van der Waals surface area contributed by atoms with Crippen LogP contribution in [0.1, 0.15) is 6.92 Å². The van der Waals surface area contributed by atoms with Crippen molar-refractivity contribution in [2.24, 2.45) is 0 Å². The maximum atomic E-state index is 11.5. The van der Waals surface area contributed by atoms with Crippen molar-refractivity contribution >= 4 is 32.8 Å². The molecule has 23 heavy (non-hydrogen) atoms. The van der Waals surface area contributed by atoms with Gasteiger partial charge in [0.2, 0.25) is 0 Å². The average Bonchev–Trinajstić information content (AvgIpc) is 2.96. The van der Waals surface area contributed by atoms with Crippen LogP contribution >= 0.6 is 11.3 Å². The van der Waals surface area contributed by atoms with Crippen LogP contribution in [-0.2, 0) is 0 Å². The lowest BCUT2D eigenvalue weighted by Gasteiger charge is -2.01. The Balaban J connectivity index is 1.87. The van der Waals surface area contributed by atoms with E-state index in [2.05, 4.69) is 30.6 Å². The van der Waals surface area contributed by atoms with E-state index in [9.17, 15) is 4.79 Å². The zero-order chi connectivity index (χ0) is 16.2. The molecule has 8 nitrogen and oxygen atoms in total. The maximum absolute atomic E-state index is 11.5. The number of rotatable bonds is 4. The molecule has 118 valence electrons. The summed E-state index contributed by atoms with van der Waals surface area (Å²) < 4.78 is 4.94. The monoisotopic (exact) mass is 330 g/mol. The molecular formula is C14H14N6O2S. The lowest BCUT2D eigenvalue weighted by Crippen LogP contribution is -2.28. The number of anilines is 1. The second kappa shape index (κ2) is 6.53. The van der Waals surface area contributed by atoms with E-state index in [4.69, 9.17) is 4.74 Å². The summed E-state index contributed by atoms with van der Waals surface area (Å²) in [5.41, 5.74) is 2.36. The fourth-order valence-corrected chi connectivity index (χ4v) is 2.69. The molecule has 0 spiro atoms. The topological polar surface area (TPSA) is 102 Å². The third-order valence-corrected chi connectivity index (χ3v) is 3.84. The molecule has 0 aromatic carbocycles. The van der Waals surface area contributed by atoms with Crippen LogP contribution in [0, 0.1) is 0 Å². The molecule has 3 aromatic heterocycles. The molecule has 0 aliphatic rings. The zero-order valence-electron chi connectivity index (χ0n) is 12.5. The number of carbonyl (C=O) groups excluding carboxylic acids is 1. The molecule has 0 atom stereocenters. The van der Waals surface area contributed by atoms with Crippen molar-refractivity contribution in [3.05, 3.63) is 24.7 Å². The Morgan fingerprint density at radius 3 is 2.65 bits per heavy atom. The number of carbonyl (C=O) groups is 1. The van der Waals surface area contributed by atoms with Gasteiger partial charge < -0.3 is 10.1 Å². The quantitative estimate of drug-likeness (QED) is 0.761. The molecule has 0 unspecified atom stereocenters. The van der Waals surface area contributed by atoms with Gasteiger partial charge in [0, 0.05) is 36.3 Å². The minimum absolute atomic E-state index is 0.282. The van der Waals surface area contributed by atoms with Gasteiger partial charge in [-0.15, -0.1) is 0 Å². The van der Waals surface area contributed by atoms with E-state index in [-0.39, 0.29) is 6.03 Å². The highest BCUT2D eigenvalue weighted by Crippen LogP contribution is 2.27. The molecule has 3 heterocycles. The van der Waals surface area contributed by atoms with Gasteiger partial charge in [0.15, 0.2) is 5.13 Å². The Bertz CT molecular complexity index is 833. The van der Waals surface area contributed by atoms with Crippen molar-refractivity contribution in [3.63, 3.8) is 0 Å². The minimum atomic E-state index is -0.282. The Labute approximate surface area is 136 Å². The number of methoxy groups -OCH3 is 1. The standard InChI is InChI=1S/C14H14N6O2S/c1-3-15-12(21)20-14-19-10-4-8(5-16-11(10)23-14)9-6-17-13(22-2)18-7-9/h4-7H,3H2,1-2H3,(H2,15,19,20,21). The summed E-state index contributed by atoms with van der Waals surface area (Å²) in [5.74, 6) is 0. The van der Waals surface area contributed by atoms with Gasteiger partial charge in [0.25, 0.3) is 0 Å². The second-order valence-corrected chi connectivity index (χ2v) is 5.49. The number of thiazole rings is 1. The third kappa shape index (κ3) is 3.34. The van der Waals surface area contributed by atoms with Gasteiger partial charge in [-0.1, -0.05) is 11.3 Å². The first-order valence-electron chi connectivity index (χ1n) is 6.87. The average molecular weight is 330 g/mol. The fraction of sp³-hybridized carbons (Fsp3) is 0.214. The molecule has 3 aromatic rings. The highest BCUT2D eigenvalue weighted by molar-refractivity contribution is 7.21. The molecule has 0 aliphatic heterocycles. The number of hydrogen-bond acceptors (Lipinski definition) is 7. The van der Waals surface area contributed by atoms with E-state index in [0.29, 0.717) is 23.2 Å². The highest BCUT2D eigenvalue weighted by atomic mass is 32.1. The van der Waals surface area contributed by atoms with Crippen molar-refractivity contribution in [3.8, 4) is 17.1 Å². The summed E-state index contributed by atoms with van der Waals surface area (Å²) in [7, 11) is 1.51. The first kappa shape index (κ1) is 15.1. The molecule has 0 saturated heterocycles. The van der Waals surface area contributed by atoms with Crippen LogP contribution < -0.4 is 15.4 Å². The Morgan fingerprint density at radius 1 is 1.22 bits per heavy atom. The molecule has 9 heteroatoms. The number of nitrogens with one attached hydrogen (secondary N) is 2. The summed E-state index contributed by atoms with van der Waals surface area (Å²) >= 11 is 1.32. The fourth-order valence-electron chi connectivity index (χ4n) is 1.91. The van der Waals surface area contributed by atoms with Crippen molar-refractivity contribution in [1.82, 2.24) is 25.3 Å². The smallest absolute Gasteiger partial charge is 0.321 e. The second-order valence-electron chi connectivity index (χ2n) is 4.51. The van der Waals surface area contributed by atoms with Gasteiger partial charge in [-0.3, -0.25) is 5.32 Å². The zero-order valence-corrected chi connectivity index (χ0v) is 13.3. The van der Waals surface area contributed by atoms with Crippen LogP contribution in [-0.4, -0.2) is 39.6 Å². The number of urea groups is 1. The van der Waals surface area contributed by atoms with Crippen LogP contribution in [0.5, 0.6) is 6.01 Å². The predicted octanol–water partition coefficient (Wildman–Crippen LogP) is 2.30. The third-order valence-electron chi connectivity index (χ3n) is 2.95. The number of hydrogen-bond donors (Lipinski definition) is 2. The number of nitrogens with zero attached hydrogens (tertiary/aromatic N) is 4. The Hall–Kier alpha value is -2.81. The molecule has 0 radical (unpaired) electrons. The van der Waals surface area contributed by atoms with Crippen LogP contribution in [0.3, 0.4) is 0 Å². The Morgan fingerprint density at radius 2 is 1.96 bits per heavy atom. The molecule has 0 saturated carbocycles. The van der Waals surface area contributed by atoms with E-state index in [0.717, 1.165) is 16.0 Å². The molecule has 2 amide bonds.